The maximum absolute atomic E-state index is 5.36. The van der Waals surface area contributed by atoms with Crippen molar-refractivity contribution in [1.82, 2.24) is 15.2 Å². The number of hydrogen-bond acceptors (Lipinski definition) is 2. The normalized spacial score (nSPS) is 10.1. The van der Waals surface area contributed by atoms with Gasteiger partial charge in [-0.05, 0) is 29.8 Å². The predicted molar refractivity (Wildman–Crippen MR) is 75.2 cm³/mol. The third-order valence-corrected chi connectivity index (χ3v) is 2.97. The van der Waals surface area contributed by atoms with Crippen LogP contribution in [-0.4, -0.2) is 15.2 Å². The predicted octanol–water partition coefficient (Wildman–Crippen LogP) is 3.12. The zero-order valence-electron chi connectivity index (χ0n) is 10.2. The largest absolute Gasteiger partial charge is 0.277 e. The van der Waals surface area contributed by atoms with Crippen molar-refractivity contribution in [2.24, 2.45) is 0 Å². The van der Waals surface area contributed by atoms with Crippen molar-refractivity contribution in [3.05, 3.63) is 60.6 Å². The van der Waals surface area contributed by atoms with E-state index < -0.39 is 0 Å². The molecule has 90 valence electrons. The zero-order valence-corrected chi connectivity index (χ0v) is 10.2. The second-order valence-electron chi connectivity index (χ2n) is 4.12. The molecule has 0 atom stereocenters. The van der Waals surface area contributed by atoms with Gasteiger partial charge in [0, 0.05) is 29.1 Å². The molecule has 0 aliphatic carbocycles. The molecular formula is C16H11N3. The van der Waals surface area contributed by atoms with Crippen molar-refractivity contribution in [2.75, 3.05) is 0 Å². The number of aromatic amines is 1. The standard InChI is InChI=1S/C16H11N3/c1-2-12-3-5-14(6-4-12)16-15(11-18-19-16)13-7-9-17-10-8-13/h1,3-11H,(H,18,19). The van der Waals surface area contributed by atoms with E-state index in [1.165, 1.54) is 0 Å². The van der Waals surface area contributed by atoms with E-state index >= 15 is 0 Å². The summed E-state index contributed by atoms with van der Waals surface area (Å²) in [7, 11) is 0. The van der Waals surface area contributed by atoms with Gasteiger partial charge in [0.1, 0.15) is 0 Å². The highest BCUT2D eigenvalue weighted by Crippen LogP contribution is 2.29. The number of H-pyrrole nitrogens is 1. The minimum Gasteiger partial charge on any atom is -0.277 e. The van der Waals surface area contributed by atoms with Crippen LogP contribution < -0.4 is 0 Å². The first-order valence-electron chi connectivity index (χ1n) is 5.89. The molecule has 3 heteroatoms. The molecule has 0 saturated carbocycles. The van der Waals surface area contributed by atoms with E-state index in [4.69, 9.17) is 6.42 Å². The summed E-state index contributed by atoms with van der Waals surface area (Å²) >= 11 is 0. The Balaban J connectivity index is 2.07. The lowest BCUT2D eigenvalue weighted by Crippen LogP contribution is -1.83. The topological polar surface area (TPSA) is 41.6 Å². The summed E-state index contributed by atoms with van der Waals surface area (Å²) in [6.45, 7) is 0. The smallest absolute Gasteiger partial charge is 0.0728 e. The number of pyridine rings is 1. The molecule has 0 aliphatic heterocycles. The SMILES string of the molecule is C#Cc1ccc(-c2[nH]ncc2-c2ccncc2)cc1. The number of hydrogen-bond donors (Lipinski definition) is 1. The fourth-order valence-corrected chi connectivity index (χ4v) is 1.99. The van der Waals surface area contributed by atoms with Crippen LogP contribution in [0.1, 0.15) is 5.56 Å². The summed E-state index contributed by atoms with van der Waals surface area (Å²) in [5, 5.41) is 7.17. The van der Waals surface area contributed by atoms with E-state index in [0.29, 0.717) is 0 Å². The number of aromatic nitrogens is 3. The highest BCUT2D eigenvalue weighted by atomic mass is 15.1. The quantitative estimate of drug-likeness (QED) is 0.705. The highest BCUT2D eigenvalue weighted by Gasteiger charge is 2.09. The molecule has 0 amide bonds. The van der Waals surface area contributed by atoms with Gasteiger partial charge in [0.2, 0.25) is 0 Å². The molecule has 0 aliphatic rings. The van der Waals surface area contributed by atoms with Crippen LogP contribution in [0.25, 0.3) is 22.4 Å². The summed E-state index contributed by atoms with van der Waals surface area (Å²) in [5.74, 6) is 2.61. The fourth-order valence-electron chi connectivity index (χ4n) is 1.99. The molecule has 2 heterocycles. The van der Waals surface area contributed by atoms with E-state index in [-0.39, 0.29) is 0 Å². The van der Waals surface area contributed by atoms with Crippen LogP contribution in [0.3, 0.4) is 0 Å². The number of benzene rings is 1. The van der Waals surface area contributed by atoms with Crippen molar-refractivity contribution in [3.63, 3.8) is 0 Å². The molecule has 0 fully saturated rings. The van der Waals surface area contributed by atoms with Gasteiger partial charge in [0.15, 0.2) is 0 Å². The summed E-state index contributed by atoms with van der Waals surface area (Å²) in [4.78, 5) is 4.03. The average Bonchev–Trinajstić information content (AvgIpc) is 2.98. The Bertz CT molecular complexity index is 719. The molecule has 0 saturated heterocycles. The highest BCUT2D eigenvalue weighted by molar-refractivity contribution is 5.80. The van der Waals surface area contributed by atoms with Crippen molar-refractivity contribution in [1.29, 1.82) is 0 Å². The molecule has 2 aromatic heterocycles. The van der Waals surface area contributed by atoms with Gasteiger partial charge in [-0.2, -0.15) is 5.10 Å². The molecule has 0 radical (unpaired) electrons. The molecule has 1 aromatic carbocycles. The maximum Gasteiger partial charge on any atom is 0.0728 e. The van der Waals surface area contributed by atoms with Gasteiger partial charge in [-0.1, -0.05) is 18.1 Å². The second-order valence-corrected chi connectivity index (χ2v) is 4.12. The zero-order chi connectivity index (χ0) is 13.1. The molecule has 1 N–H and O–H groups in total. The Morgan fingerprint density at radius 1 is 0.947 bits per heavy atom. The van der Waals surface area contributed by atoms with E-state index in [2.05, 4.69) is 21.1 Å². The number of nitrogens with one attached hydrogen (secondary N) is 1. The summed E-state index contributed by atoms with van der Waals surface area (Å²) < 4.78 is 0. The minimum absolute atomic E-state index is 0.869. The van der Waals surface area contributed by atoms with Crippen LogP contribution in [0.4, 0.5) is 0 Å². The minimum atomic E-state index is 0.869. The van der Waals surface area contributed by atoms with Crippen LogP contribution in [0.15, 0.2) is 55.0 Å². The van der Waals surface area contributed by atoms with Gasteiger partial charge in [-0.25, -0.2) is 0 Å². The van der Waals surface area contributed by atoms with Gasteiger partial charge in [-0.15, -0.1) is 6.42 Å². The summed E-state index contributed by atoms with van der Waals surface area (Å²) in [5.41, 5.74) is 5.04. The van der Waals surface area contributed by atoms with Crippen LogP contribution in [-0.2, 0) is 0 Å². The first-order chi connectivity index (χ1) is 9.38. The Labute approximate surface area is 111 Å². The monoisotopic (exact) mass is 245 g/mol. The molecule has 0 spiro atoms. The maximum atomic E-state index is 5.36. The molecular weight excluding hydrogens is 234 g/mol. The molecule has 3 nitrogen and oxygen atoms in total. The molecule has 19 heavy (non-hydrogen) atoms. The van der Waals surface area contributed by atoms with Crippen LogP contribution in [0.2, 0.25) is 0 Å². The van der Waals surface area contributed by atoms with Crippen LogP contribution in [0.5, 0.6) is 0 Å². The van der Waals surface area contributed by atoms with E-state index in [1.807, 2.05) is 42.6 Å². The van der Waals surface area contributed by atoms with Crippen LogP contribution in [0, 0.1) is 12.3 Å². The lowest BCUT2D eigenvalue weighted by atomic mass is 10.0. The average molecular weight is 245 g/mol. The molecule has 3 aromatic rings. The molecule has 0 unspecified atom stereocenters. The Morgan fingerprint density at radius 3 is 2.37 bits per heavy atom. The number of terminal acetylenes is 1. The van der Waals surface area contributed by atoms with E-state index in [0.717, 1.165) is 27.9 Å². The third-order valence-electron chi connectivity index (χ3n) is 2.97. The first-order valence-corrected chi connectivity index (χ1v) is 5.89. The summed E-state index contributed by atoms with van der Waals surface area (Å²) in [6.07, 6.45) is 10.7. The first kappa shape index (κ1) is 11.2. The lowest BCUT2D eigenvalue weighted by molar-refractivity contribution is 1.10. The second kappa shape index (κ2) is 4.79. The lowest BCUT2D eigenvalue weighted by Gasteiger charge is -2.03. The van der Waals surface area contributed by atoms with Crippen molar-refractivity contribution >= 4 is 0 Å². The van der Waals surface area contributed by atoms with Crippen LogP contribution >= 0.6 is 0 Å². The van der Waals surface area contributed by atoms with Gasteiger partial charge in [0.25, 0.3) is 0 Å². The third kappa shape index (κ3) is 2.12. The van der Waals surface area contributed by atoms with Crippen molar-refractivity contribution < 1.29 is 0 Å². The van der Waals surface area contributed by atoms with Gasteiger partial charge >= 0.3 is 0 Å². The van der Waals surface area contributed by atoms with Gasteiger partial charge in [-0.3, -0.25) is 10.1 Å². The van der Waals surface area contributed by atoms with Crippen molar-refractivity contribution in [2.45, 2.75) is 0 Å². The number of rotatable bonds is 2. The molecule has 0 bridgehead atoms. The van der Waals surface area contributed by atoms with Gasteiger partial charge < -0.3 is 0 Å². The fraction of sp³-hybridized carbons (Fsp3) is 0. The van der Waals surface area contributed by atoms with E-state index in [1.54, 1.807) is 12.4 Å². The molecule has 3 rings (SSSR count). The summed E-state index contributed by atoms with van der Waals surface area (Å²) in [6, 6.07) is 11.8. The van der Waals surface area contributed by atoms with Gasteiger partial charge in [0.05, 0.1) is 11.9 Å². The Hall–Kier alpha value is -2.86. The Morgan fingerprint density at radius 2 is 1.68 bits per heavy atom. The number of nitrogens with zero attached hydrogens (tertiary/aromatic N) is 2. The Kier molecular flexibility index (Phi) is 2.83. The van der Waals surface area contributed by atoms with E-state index in [9.17, 15) is 0 Å². The van der Waals surface area contributed by atoms with Crippen molar-refractivity contribution in [3.8, 4) is 34.7 Å².